The molecule has 5 heteroatoms. The van der Waals surface area contributed by atoms with Gasteiger partial charge in [-0.15, -0.1) is 0 Å². The number of nitrogens with one attached hydrogen (secondary N) is 1. The molecule has 2 rings (SSSR count). The molecule has 1 heterocycles. The number of sulfonamides is 1. The molecule has 2 fully saturated rings. The Morgan fingerprint density at radius 2 is 1.84 bits per heavy atom. The molecule has 1 saturated carbocycles. The average molecular weight is 288 g/mol. The predicted molar refractivity (Wildman–Crippen MR) is 78.6 cm³/mol. The van der Waals surface area contributed by atoms with Crippen molar-refractivity contribution in [2.75, 3.05) is 25.4 Å². The molecule has 1 unspecified atom stereocenters. The van der Waals surface area contributed by atoms with Crippen LogP contribution in [-0.4, -0.2) is 44.2 Å². The third-order valence-corrected chi connectivity index (χ3v) is 6.07. The van der Waals surface area contributed by atoms with Crippen LogP contribution in [0, 0.1) is 11.3 Å². The van der Waals surface area contributed by atoms with Crippen LogP contribution in [0.25, 0.3) is 0 Å². The van der Waals surface area contributed by atoms with E-state index in [2.05, 4.69) is 5.32 Å². The Morgan fingerprint density at radius 3 is 2.32 bits per heavy atom. The molecule has 0 aromatic rings. The number of rotatable bonds is 6. The maximum atomic E-state index is 12.6. The Hall–Kier alpha value is -0.130. The first kappa shape index (κ1) is 15.3. The van der Waals surface area contributed by atoms with Gasteiger partial charge in [0, 0.05) is 19.1 Å². The fourth-order valence-corrected chi connectivity index (χ4v) is 4.81. The van der Waals surface area contributed by atoms with Crippen molar-refractivity contribution in [1.29, 1.82) is 0 Å². The third kappa shape index (κ3) is 5.04. The normalized spacial score (nSPS) is 25.2. The minimum absolute atomic E-state index is 0.177. The molecule has 4 nitrogen and oxygen atoms in total. The van der Waals surface area contributed by atoms with Gasteiger partial charge in [-0.2, -0.15) is 0 Å². The summed E-state index contributed by atoms with van der Waals surface area (Å²) >= 11 is 0. The van der Waals surface area contributed by atoms with E-state index in [0.29, 0.717) is 18.5 Å². The summed E-state index contributed by atoms with van der Waals surface area (Å²) in [6.45, 7) is 8.40. The fraction of sp³-hybridized carbons (Fsp3) is 1.00. The minimum atomic E-state index is -3.13. The van der Waals surface area contributed by atoms with Crippen LogP contribution in [0.15, 0.2) is 0 Å². The topological polar surface area (TPSA) is 49.4 Å². The summed E-state index contributed by atoms with van der Waals surface area (Å²) in [4.78, 5) is 0. The summed E-state index contributed by atoms with van der Waals surface area (Å²) in [7, 11) is -3.13. The van der Waals surface area contributed by atoms with E-state index in [1.165, 1.54) is 19.3 Å². The summed E-state index contributed by atoms with van der Waals surface area (Å²) in [6, 6.07) is 0.355. The smallest absolute Gasteiger partial charge is 0.214 e. The monoisotopic (exact) mass is 288 g/mol. The van der Waals surface area contributed by atoms with Gasteiger partial charge >= 0.3 is 0 Å². The van der Waals surface area contributed by atoms with Gasteiger partial charge in [-0.3, -0.25) is 0 Å². The largest absolute Gasteiger partial charge is 0.313 e. The molecule has 2 aliphatic rings. The number of hydrogen-bond donors (Lipinski definition) is 1. The van der Waals surface area contributed by atoms with Gasteiger partial charge in [0.2, 0.25) is 10.0 Å². The lowest BCUT2D eigenvalue weighted by Crippen LogP contribution is -2.44. The molecule has 0 aromatic carbocycles. The van der Waals surface area contributed by atoms with Crippen LogP contribution in [0.1, 0.15) is 46.5 Å². The zero-order valence-electron chi connectivity index (χ0n) is 12.5. The zero-order valence-corrected chi connectivity index (χ0v) is 13.3. The lowest BCUT2D eigenvalue weighted by atomic mass is 10.0. The molecule has 1 aliphatic heterocycles. The van der Waals surface area contributed by atoms with E-state index in [0.717, 1.165) is 19.5 Å². The predicted octanol–water partition coefficient (Wildman–Crippen LogP) is 1.83. The van der Waals surface area contributed by atoms with Gasteiger partial charge in [-0.05, 0) is 43.6 Å². The van der Waals surface area contributed by atoms with Crippen LogP contribution in [0.5, 0.6) is 0 Å². The van der Waals surface area contributed by atoms with Gasteiger partial charge in [0.1, 0.15) is 0 Å². The van der Waals surface area contributed by atoms with E-state index in [4.69, 9.17) is 0 Å². The summed E-state index contributed by atoms with van der Waals surface area (Å²) in [5, 5.41) is 3.41. The Labute approximate surface area is 118 Å². The molecular formula is C14H28N2O2S. The standard InChI is InChI=1S/C14H28N2O2S/c1-14(2,3)11-19(17,18)16(9-12-6-7-12)10-13-5-4-8-15-13/h12-13,15H,4-11H2,1-3H3. The fourth-order valence-electron chi connectivity index (χ4n) is 2.69. The van der Waals surface area contributed by atoms with Gasteiger partial charge in [0.05, 0.1) is 5.75 Å². The summed E-state index contributed by atoms with van der Waals surface area (Å²) < 4.78 is 27.0. The molecule has 0 amide bonds. The molecule has 112 valence electrons. The zero-order chi connectivity index (χ0) is 14.1. The van der Waals surface area contributed by atoms with Crippen LogP contribution in [0.3, 0.4) is 0 Å². The minimum Gasteiger partial charge on any atom is -0.313 e. The second kappa shape index (κ2) is 5.70. The van der Waals surface area contributed by atoms with E-state index < -0.39 is 10.0 Å². The Bertz CT molecular complexity index is 390. The first-order valence-electron chi connectivity index (χ1n) is 7.47. The lowest BCUT2D eigenvalue weighted by Gasteiger charge is -2.28. The van der Waals surface area contributed by atoms with Crippen LogP contribution < -0.4 is 5.32 Å². The molecule has 19 heavy (non-hydrogen) atoms. The summed E-state index contributed by atoms with van der Waals surface area (Å²) in [5.41, 5.74) is -0.177. The van der Waals surface area contributed by atoms with Crippen molar-refractivity contribution >= 4 is 10.0 Å². The Morgan fingerprint density at radius 1 is 1.16 bits per heavy atom. The van der Waals surface area contributed by atoms with E-state index in [1.807, 2.05) is 20.8 Å². The van der Waals surface area contributed by atoms with Crippen LogP contribution >= 0.6 is 0 Å². The van der Waals surface area contributed by atoms with E-state index in [-0.39, 0.29) is 11.2 Å². The van der Waals surface area contributed by atoms with Crippen molar-refractivity contribution in [2.45, 2.75) is 52.5 Å². The molecular weight excluding hydrogens is 260 g/mol. The van der Waals surface area contributed by atoms with Crippen molar-refractivity contribution in [2.24, 2.45) is 11.3 Å². The van der Waals surface area contributed by atoms with Crippen molar-refractivity contribution < 1.29 is 8.42 Å². The SMILES string of the molecule is CC(C)(C)CS(=O)(=O)N(CC1CC1)CC1CCCN1. The first-order chi connectivity index (χ1) is 8.76. The number of hydrogen-bond acceptors (Lipinski definition) is 3. The quantitative estimate of drug-likeness (QED) is 0.811. The Kier molecular flexibility index (Phi) is 4.58. The second-order valence-electron chi connectivity index (χ2n) is 7.37. The summed E-state index contributed by atoms with van der Waals surface area (Å²) in [5.74, 6) is 0.857. The first-order valence-corrected chi connectivity index (χ1v) is 9.08. The van der Waals surface area contributed by atoms with Gasteiger partial charge in [-0.1, -0.05) is 20.8 Å². The summed E-state index contributed by atoms with van der Waals surface area (Å²) in [6.07, 6.45) is 4.66. The van der Waals surface area contributed by atoms with Gasteiger partial charge in [0.15, 0.2) is 0 Å². The van der Waals surface area contributed by atoms with Crippen molar-refractivity contribution in [3.8, 4) is 0 Å². The molecule has 0 radical (unpaired) electrons. The van der Waals surface area contributed by atoms with Crippen molar-refractivity contribution in [3.63, 3.8) is 0 Å². The highest BCUT2D eigenvalue weighted by Crippen LogP contribution is 2.31. The van der Waals surface area contributed by atoms with E-state index >= 15 is 0 Å². The van der Waals surface area contributed by atoms with Crippen LogP contribution in [0.4, 0.5) is 0 Å². The van der Waals surface area contributed by atoms with E-state index in [9.17, 15) is 8.42 Å². The van der Waals surface area contributed by atoms with Crippen LogP contribution in [0.2, 0.25) is 0 Å². The van der Waals surface area contributed by atoms with Gasteiger partial charge < -0.3 is 5.32 Å². The maximum absolute atomic E-state index is 12.6. The van der Waals surface area contributed by atoms with Crippen molar-refractivity contribution in [1.82, 2.24) is 9.62 Å². The highest BCUT2D eigenvalue weighted by Gasteiger charge is 2.34. The maximum Gasteiger partial charge on any atom is 0.214 e. The molecule has 0 aromatic heterocycles. The van der Waals surface area contributed by atoms with Gasteiger partial charge in [0.25, 0.3) is 0 Å². The molecule has 1 N–H and O–H groups in total. The molecule has 0 spiro atoms. The van der Waals surface area contributed by atoms with E-state index in [1.54, 1.807) is 4.31 Å². The highest BCUT2D eigenvalue weighted by atomic mass is 32.2. The van der Waals surface area contributed by atoms with Gasteiger partial charge in [-0.25, -0.2) is 12.7 Å². The molecule has 1 aliphatic carbocycles. The lowest BCUT2D eigenvalue weighted by molar-refractivity contribution is 0.347. The van der Waals surface area contributed by atoms with Crippen molar-refractivity contribution in [3.05, 3.63) is 0 Å². The Balaban J connectivity index is 2.02. The molecule has 1 atom stereocenters. The third-order valence-electron chi connectivity index (χ3n) is 3.75. The highest BCUT2D eigenvalue weighted by molar-refractivity contribution is 7.89. The second-order valence-corrected chi connectivity index (χ2v) is 9.34. The van der Waals surface area contributed by atoms with Crippen LogP contribution in [-0.2, 0) is 10.0 Å². The average Bonchev–Trinajstić information content (AvgIpc) is 2.88. The molecule has 1 saturated heterocycles. The molecule has 0 bridgehead atoms. The number of nitrogens with zero attached hydrogens (tertiary/aromatic N) is 1.